The van der Waals surface area contributed by atoms with E-state index in [0.29, 0.717) is 18.2 Å². The number of hydrogen-bond donors (Lipinski definition) is 1. The first-order chi connectivity index (χ1) is 7.06. The second-order valence-corrected chi connectivity index (χ2v) is 3.03. The van der Waals surface area contributed by atoms with Crippen molar-refractivity contribution in [1.82, 2.24) is 9.97 Å². The van der Waals surface area contributed by atoms with E-state index in [0.717, 1.165) is 0 Å². The minimum Gasteiger partial charge on any atom is -0.478 e. The molecule has 0 aliphatic rings. The Morgan fingerprint density at radius 1 is 1.73 bits per heavy atom. The van der Waals surface area contributed by atoms with Crippen molar-refractivity contribution in [3.63, 3.8) is 0 Å². The van der Waals surface area contributed by atoms with Gasteiger partial charge in [-0.3, -0.25) is 0 Å². The van der Waals surface area contributed by atoms with Gasteiger partial charge in [0.1, 0.15) is 0 Å². The first-order valence-electron chi connectivity index (χ1n) is 4.27. The zero-order chi connectivity index (χ0) is 11.4. The van der Waals surface area contributed by atoms with Gasteiger partial charge >= 0.3 is 5.97 Å². The minimum absolute atomic E-state index is 0.104. The van der Waals surface area contributed by atoms with Gasteiger partial charge in [-0.25, -0.2) is 14.8 Å². The summed E-state index contributed by atoms with van der Waals surface area (Å²) < 4.78 is 0. The van der Waals surface area contributed by atoms with Gasteiger partial charge in [-0.05, 0) is 6.92 Å². The standard InChI is InChI=1S/C10H11N3O2/c1-4-5-13(3)10-11-6-8(9(14)15)7(2)12-10/h1,6H,5H2,2-3H3,(H,14,15). The fourth-order valence-corrected chi connectivity index (χ4v) is 1.06. The lowest BCUT2D eigenvalue weighted by atomic mass is 10.2. The van der Waals surface area contributed by atoms with E-state index >= 15 is 0 Å². The number of hydrogen-bond acceptors (Lipinski definition) is 4. The molecule has 0 spiro atoms. The number of terminal acetylenes is 1. The summed E-state index contributed by atoms with van der Waals surface area (Å²) in [5, 5.41) is 8.77. The molecular formula is C10H11N3O2. The third-order valence-corrected chi connectivity index (χ3v) is 1.87. The van der Waals surface area contributed by atoms with Crippen molar-refractivity contribution >= 4 is 11.9 Å². The number of carboxylic acid groups (broad SMARTS) is 1. The molecule has 1 heterocycles. The summed E-state index contributed by atoms with van der Waals surface area (Å²) in [7, 11) is 1.75. The van der Waals surface area contributed by atoms with Gasteiger partial charge in [-0.2, -0.15) is 0 Å². The van der Waals surface area contributed by atoms with Crippen LogP contribution in [-0.2, 0) is 0 Å². The van der Waals surface area contributed by atoms with Crippen molar-refractivity contribution in [3.8, 4) is 12.3 Å². The number of aryl methyl sites for hydroxylation is 1. The fraction of sp³-hybridized carbons (Fsp3) is 0.300. The highest BCUT2D eigenvalue weighted by Gasteiger charge is 2.11. The van der Waals surface area contributed by atoms with E-state index in [2.05, 4.69) is 15.9 Å². The Hall–Kier alpha value is -2.09. The zero-order valence-corrected chi connectivity index (χ0v) is 8.56. The van der Waals surface area contributed by atoms with E-state index in [4.69, 9.17) is 11.5 Å². The summed E-state index contributed by atoms with van der Waals surface area (Å²) in [5.41, 5.74) is 0.532. The first kappa shape index (κ1) is 11.0. The van der Waals surface area contributed by atoms with E-state index < -0.39 is 5.97 Å². The molecule has 0 radical (unpaired) electrons. The van der Waals surface area contributed by atoms with Crippen LogP contribution in [0.5, 0.6) is 0 Å². The summed E-state index contributed by atoms with van der Waals surface area (Å²) in [4.78, 5) is 20.3. The maximum Gasteiger partial charge on any atom is 0.339 e. The maximum absolute atomic E-state index is 10.7. The molecule has 1 aromatic rings. The molecule has 0 unspecified atom stereocenters. The fourth-order valence-electron chi connectivity index (χ4n) is 1.06. The highest BCUT2D eigenvalue weighted by Crippen LogP contribution is 2.09. The van der Waals surface area contributed by atoms with Crippen LogP contribution < -0.4 is 4.90 Å². The van der Waals surface area contributed by atoms with Crippen molar-refractivity contribution < 1.29 is 9.90 Å². The Balaban J connectivity index is 3.02. The predicted octanol–water partition coefficient (Wildman–Crippen LogP) is 0.553. The van der Waals surface area contributed by atoms with Crippen molar-refractivity contribution in [2.75, 3.05) is 18.5 Å². The lowest BCUT2D eigenvalue weighted by molar-refractivity contribution is 0.0695. The number of carboxylic acids is 1. The molecule has 0 amide bonds. The topological polar surface area (TPSA) is 66.3 Å². The Kier molecular flexibility index (Phi) is 3.24. The quantitative estimate of drug-likeness (QED) is 0.730. The number of nitrogens with zero attached hydrogens (tertiary/aromatic N) is 3. The molecule has 5 heteroatoms. The highest BCUT2D eigenvalue weighted by atomic mass is 16.4. The summed E-state index contributed by atoms with van der Waals surface area (Å²) in [5.74, 6) is 1.85. The van der Waals surface area contributed by atoms with Crippen molar-refractivity contribution in [2.45, 2.75) is 6.92 Å². The Labute approximate surface area is 87.8 Å². The number of rotatable bonds is 3. The summed E-state index contributed by atoms with van der Waals surface area (Å²) in [6, 6.07) is 0. The van der Waals surface area contributed by atoms with Crippen LogP contribution in [0.2, 0.25) is 0 Å². The number of aromatic carboxylic acids is 1. The molecule has 78 valence electrons. The summed E-state index contributed by atoms with van der Waals surface area (Å²) in [6.45, 7) is 2.00. The second-order valence-electron chi connectivity index (χ2n) is 3.03. The Bertz CT molecular complexity index is 423. The lowest BCUT2D eigenvalue weighted by Gasteiger charge is -2.14. The normalized spacial score (nSPS) is 9.40. The molecule has 0 fully saturated rings. The highest BCUT2D eigenvalue weighted by molar-refractivity contribution is 5.88. The van der Waals surface area contributed by atoms with Crippen LogP contribution in [0.25, 0.3) is 0 Å². The van der Waals surface area contributed by atoms with Crippen molar-refractivity contribution in [2.24, 2.45) is 0 Å². The Morgan fingerprint density at radius 2 is 2.40 bits per heavy atom. The van der Waals surface area contributed by atoms with Gasteiger partial charge in [0.25, 0.3) is 0 Å². The van der Waals surface area contributed by atoms with Gasteiger partial charge in [0.2, 0.25) is 5.95 Å². The van der Waals surface area contributed by atoms with Crippen LogP contribution in [0.3, 0.4) is 0 Å². The van der Waals surface area contributed by atoms with E-state index in [-0.39, 0.29) is 5.56 Å². The zero-order valence-electron chi connectivity index (χ0n) is 8.56. The average molecular weight is 205 g/mol. The van der Waals surface area contributed by atoms with E-state index in [1.54, 1.807) is 18.9 Å². The molecule has 15 heavy (non-hydrogen) atoms. The second kappa shape index (κ2) is 4.42. The van der Waals surface area contributed by atoms with E-state index in [1.165, 1.54) is 6.20 Å². The van der Waals surface area contributed by atoms with Crippen LogP contribution in [0.15, 0.2) is 6.20 Å². The molecule has 0 saturated carbocycles. The van der Waals surface area contributed by atoms with Gasteiger partial charge in [0, 0.05) is 13.2 Å². The van der Waals surface area contributed by atoms with Gasteiger partial charge in [-0.15, -0.1) is 6.42 Å². The molecule has 0 bridgehead atoms. The molecule has 1 N–H and O–H groups in total. The molecular weight excluding hydrogens is 194 g/mol. The van der Waals surface area contributed by atoms with E-state index in [1.807, 2.05) is 0 Å². The number of anilines is 1. The smallest absolute Gasteiger partial charge is 0.339 e. The molecule has 1 rings (SSSR count). The maximum atomic E-state index is 10.7. The average Bonchev–Trinajstić information content (AvgIpc) is 2.17. The summed E-state index contributed by atoms with van der Waals surface area (Å²) >= 11 is 0. The van der Waals surface area contributed by atoms with Gasteiger partial charge < -0.3 is 10.0 Å². The minimum atomic E-state index is -1.03. The predicted molar refractivity (Wildman–Crippen MR) is 55.8 cm³/mol. The molecule has 0 saturated heterocycles. The lowest BCUT2D eigenvalue weighted by Crippen LogP contribution is -2.20. The monoisotopic (exact) mass is 205 g/mol. The van der Waals surface area contributed by atoms with Crippen molar-refractivity contribution in [3.05, 3.63) is 17.5 Å². The first-order valence-corrected chi connectivity index (χ1v) is 4.27. The SMILES string of the molecule is C#CCN(C)c1ncc(C(=O)O)c(C)n1. The molecule has 0 aliphatic carbocycles. The third kappa shape index (κ3) is 2.44. The number of aromatic nitrogens is 2. The Morgan fingerprint density at radius 3 is 2.87 bits per heavy atom. The van der Waals surface area contributed by atoms with Crippen LogP contribution in [0.1, 0.15) is 16.1 Å². The molecule has 0 aromatic carbocycles. The van der Waals surface area contributed by atoms with Crippen LogP contribution in [0, 0.1) is 19.3 Å². The molecule has 0 aliphatic heterocycles. The molecule has 0 atom stereocenters. The van der Waals surface area contributed by atoms with Crippen molar-refractivity contribution in [1.29, 1.82) is 0 Å². The van der Waals surface area contributed by atoms with E-state index in [9.17, 15) is 4.79 Å². The molecule has 1 aromatic heterocycles. The molecule has 5 nitrogen and oxygen atoms in total. The third-order valence-electron chi connectivity index (χ3n) is 1.87. The van der Waals surface area contributed by atoms with Gasteiger partial charge in [0.05, 0.1) is 17.8 Å². The largest absolute Gasteiger partial charge is 0.478 e. The van der Waals surface area contributed by atoms with Gasteiger partial charge in [-0.1, -0.05) is 5.92 Å². The summed E-state index contributed by atoms with van der Waals surface area (Å²) in [6.07, 6.45) is 6.43. The van der Waals surface area contributed by atoms with Crippen LogP contribution in [-0.4, -0.2) is 34.6 Å². The van der Waals surface area contributed by atoms with Crippen LogP contribution >= 0.6 is 0 Å². The van der Waals surface area contributed by atoms with Gasteiger partial charge in [0.15, 0.2) is 0 Å². The number of carbonyl (C=O) groups is 1. The van der Waals surface area contributed by atoms with Crippen LogP contribution in [0.4, 0.5) is 5.95 Å².